The van der Waals surface area contributed by atoms with Crippen molar-refractivity contribution in [3.63, 3.8) is 0 Å². The third-order valence-corrected chi connectivity index (χ3v) is 4.50. The summed E-state index contributed by atoms with van der Waals surface area (Å²) in [7, 11) is 0. The van der Waals surface area contributed by atoms with Crippen molar-refractivity contribution in [1.29, 1.82) is 0 Å². The highest BCUT2D eigenvalue weighted by Gasteiger charge is 2.16. The van der Waals surface area contributed by atoms with E-state index < -0.39 is 0 Å². The largest absolute Gasteiger partial charge is 0.335 e. The summed E-state index contributed by atoms with van der Waals surface area (Å²) in [4.78, 5) is 23.2. The van der Waals surface area contributed by atoms with Crippen molar-refractivity contribution >= 4 is 17.5 Å². The zero-order valence-electron chi connectivity index (χ0n) is 15.9. The number of nitrogens with zero attached hydrogens (tertiary/aromatic N) is 3. The average Bonchev–Trinajstić information content (AvgIpc) is 2.70. The maximum Gasteiger partial charge on any atom is 0.257 e. The molecule has 138 valence electrons. The van der Waals surface area contributed by atoms with Gasteiger partial charge in [0.1, 0.15) is 0 Å². The molecule has 5 heteroatoms. The number of rotatable bonds is 6. The number of benzene rings is 2. The van der Waals surface area contributed by atoms with E-state index >= 15 is 0 Å². The first-order valence-electron chi connectivity index (χ1n) is 9.07. The number of amides is 1. The van der Waals surface area contributed by atoms with Gasteiger partial charge in [-0.3, -0.25) is 4.79 Å². The number of aryl methyl sites for hydroxylation is 2. The molecular formula is C22H24N4O. The van der Waals surface area contributed by atoms with Gasteiger partial charge in [-0.15, -0.1) is 0 Å². The fraction of sp³-hybridized carbons (Fsp3) is 0.227. The normalized spacial score (nSPS) is 10.5. The van der Waals surface area contributed by atoms with Crippen molar-refractivity contribution in [1.82, 2.24) is 14.9 Å². The molecule has 0 saturated heterocycles. The number of carbonyl (C=O) groups is 1. The minimum Gasteiger partial charge on any atom is -0.335 e. The first-order valence-corrected chi connectivity index (χ1v) is 9.07. The van der Waals surface area contributed by atoms with Crippen LogP contribution in [0.5, 0.6) is 0 Å². The average molecular weight is 360 g/mol. The molecule has 0 bridgehead atoms. The Labute approximate surface area is 160 Å². The molecule has 3 aromatic rings. The molecule has 5 nitrogen and oxygen atoms in total. The van der Waals surface area contributed by atoms with Crippen LogP contribution < -0.4 is 5.32 Å². The molecule has 0 unspecified atom stereocenters. The zero-order chi connectivity index (χ0) is 19.2. The Morgan fingerprint density at radius 2 is 1.59 bits per heavy atom. The van der Waals surface area contributed by atoms with Crippen LogP contribution in [-0.2, 0) is 6.54 Å². The highest BCUT2D eigenvalue weighted by Crippen LogP contribution is 2.22. The van der Waals surface area contributed by atoms with E-state index in [1.807, 2.05) is 69.3 Å². The third kappa shape index (κ3) is 4.50. The fourth-order valence-electron chi connectivity index (χ4n) is 2.94. The van der Waals surface area contributed by atoms with Crippen LogP contribution in [0.15, 0.2) is 60.9 Å². The maximum absolute atomic E-state index is 12.8. The number of hydrogen-bond donors (Lipinski definition) is 1. The molecule has 2 aromatic carbocycles. The molecule has 0 atom stereocenters. The number of nitrogens with one attached hydrogen (secondary N) is 1. The lowest BCUT2D eigenvalue weighted by Gasteiger charge is -2.21. The summed E-state index contributed by atoms with van der Waals surface area (Å²) >= 11 is 0. The molecule has 0 radical (unpaired) electrons. The van der Waals surface area contributed by atoms with Crippen molar-refractivity contribution < 1.29 is 4.79 Å². The summed E-state index contributed by atoms with van der Waals surface area (Å²) in [5, 5.41) is 3.24. The molecule has 3 rings (SSSR count). The molecule has 0 spiro atoms. The van der Waals surface area contributed by atoms with Crippen LogP contribution in [0.4, 0.5) is 11.6 Å². The monoisotopic (exact) mass is 360 g/mol. The summed E-state index contributed by atoms with van der Waals surface area (Å²) in [6.45, 7) is 7.24. The van der Waals surface area contributed by atoms with Crippen LogP contribution in [0.25, 0.3) is 0 Å². The van der Waals surface area contributed by atoms with Crippen LogP contribution in [0.2, 0.25) is 0 Å². The highest BCUT2D eigenvalue weighted by molar-refractivity contribution is 5.93. The van der Waals surface area contributed by atoms with Crippen LogP contribution in [0, 0.1) is 13.8 Å². The van der Waals surface area contributed by atoms with Gasteiger partial charge in [-0.25, -0.2) is 9.97 Å². The molecule has 1 heterocycles. The number of aromatic nitrogens is 2. The molecule has 0 saturated carbocycles. The highest BCUT2D eigenvalue weighted by atomic mass is 16.2. The molecule has 0 aliphatic carbocycles. The van der Waals surface area contributed by atoms with Crippen LogP contribution in [0.1, 0.15) is 34.0 Å². The second-order valence-corrected chi connectivity index (χ2v) is 6.49. The number of anilines is 2. The molecule has 0 aliphatic heterocycles. The summed E-state index contributed by atoms with van der Waals surface area (Å²) < 4.78 is 0. The van der Waals surface area contributed by atoms with Crippen molar-refractivity contribution in [2.75, 3.05) is 11.9 Å². The maximum atomic E-state index is 12.8. The van der Waals surface area contributed by atoms with E-state index in [9.17, 15) is 4.79 Å². The molecular weight excluding hydrogens is 336 g/mol. The van der Waals surface area contributed by atoms with Gasteiger partial charge < -0.3 is 10.2 Å². The Morgan fingerprint density at radius 3 is 2.19 bits per heavy atom. The molecule has 0 fully saturated rings. The Balaban J connectivity index is 1.73. The van der Waals surface area contributed by atoms with Crippen molar-refractivity contribution in [2.24, 2.45) is 0 Å². The lowest BCUT2D eigenvalue weighted by Crippen LogP contribution is -2.30. The van der Waals surface area contributed by atoms with Crippen LogP contribution in [0.3, 0.4) is 0 Å². The SMILES string of the molecule is CCN(Cc1ccccc1)C(=O)c1cnc(Nc2c(C)cccc2C)nc1. The Morgan fingerprint density at radius 1 is 0.963 bits per heavy atom. The molecule has 1 amide bonds. The first kappa shape index (κ1) is 18.6. The van der Waals surface area contributed by atoms with Crippen LogP contribution >= 0.6 is 0 Å². The molecule has 0 aliphatic rings. The van der Waals surface area contributed by atoms with Gasteiger partial charge in [-0.05, 0) is 37.5 Å². The number of para-hydroxylation sites is 1. The van der Waals surface area contributed by atoms with E-state index in [1.165, 1.54) is 0 Å². The summed E-state index contributed by atoms with van der Waals surface area (Å²) in [6.07, 6.45) is 3.16. The second-order valence-electron chi connectivity index (χ2n) is 6.49. The van der Waals surface area contributed by atoms with E-state index in [1.54, 1.807) is 17.3 Å². The first-order chi connectivity index (χ1) is 13.1. The molecule has 1 N–H and O–H groups in total. The number of carbonyl (C=O) groups excluding carboxylic acids is 1. The summed E-state index contributed by atoms with van der Waals surface area (Å²) in [6, 6.07) is 16.1. The predicted octanol–water partition coefficient (Wildman–Crippen LogP) is 4.50. The minimum absolute atomic E-state index is 0.0695. The smallest absolute Gasteiger partial charge is 0.257 e. The Kier molecular flexibility index (Phi) is 5.81. The van der Waals surface area contributed by atoms with E-state index in [-0.39, 0.29) is 5.91 Å². The molecule has 27 heavy (non-hydrogen) atoms. The van der Waals surface area contributed by atoms with E-state index in [4.69, 9.17) is 0 Å². The minimum atomic E-state index is -0.0695. The van der Waals surface area contributed by atoms with Gasteiger partial charge in [-0.1, -0.05) is 48.5 Å². The van der Waals surface area contributed by atoms with E-state index in [0.717, 1.165) is 22.4 Å². The van der Waals surface area contributed by atoms with E-state index in [2.05, 4.69) is 15.3 Å². The van der Waals surface area contributed by atoms with Crippen molar-refractivity contribution in [3.05, 3.63) is 83.2 Å². The lowest BCUT2D eigenvalue weighted by molar-refractivity contribution is 0.0752. The predicted molar refractivity (Wildman–Crippen MR) is 108 cm³/mol. The zero-order valence-corrected chi connectivity index (χ0v) is 15.9. The van der Waals surface area contributed by atoms with Gasteiger partial charge in [0.2, 0.25) is 5.95 Å². The lowest BCUT2D eigenvalue weighted by atomic mass is 10.1. The number of hydrogen-bond acceptors (Lipinski definition) is 4. The summed E-state index contributed by atoms with van der Waals surface area (Å²) in [5.41, 5.74) is 4.83. The molecule has 1 aromatic heterocycles. The van der Waals surface area contributed by atoms with Crippen molar-refractivity contribution in [3.8, 4) is 0 Å². The fourth-order valence-corrected chi connectivity index (χ4v) is 2.94. The summed E-state index contributed by atoms with van der Waals surface area (Å²) in [5.74, 6) is 0.412. The Hall–Kier alpha value is -3.21. The van der Waals surface area contributed by atoms with Gasteiger partial charge in [0.15, 0.2) is 0 Å². The van der Waals surface area contributed by atoms with Gasteiger partial charge in [0.05, 0.1) is 5.56 Å². The standard InChI is InChI=1S/C22H24N4O/c1-4-26(15-18-11-6-5-7-12-18)21(27)19-13-23-22(24-14-19)25-20-16(2)9-8-10-17(20)3/h5-14H,4,15H2,1-3H3,(H,23,24,25). The van der Waals surface area contributed by atoms with E-state index in [0.29, 0.717) is 24.6 Å². The van der Waals surface area contributed by atoms with Gasteiger partial charge in [0.25, 0.3) is 5.91 Å². The Bertz CT molecular complexity index is 887. The van der Waals surface area contributed by atoms with Crippen molar-refractivity contribution in [2.45, 2.75) is 27.3 Å². The van der Waals surface area contributed by atoms with Crippen LogP contribution in [-0.4, -0.2) is 27.3 Å². The quantitative estimate of drug-likeness (QED) is 0.703. The van der Waals surface area contributed by atoms with Gasteiger partial charge in [-0.2, -0.15) is 0 Å². The topological polar surface area (TPSA) is 58.1 Å². The van der Waals surface area contributed by atoms with Gasteiger partial charge >= 0.3 is 0 Å². The van der Waals surface area contributed by atoms with Gasteiger partial charge in [0, 0.05) is 31.2 Å². The third-order valence-electron chi connectivity index (χ3n) is 4.50. The second kappa shape index (κ2) is 8.45.